The average Bonchev–Trinajstić information content (AvgIpc) is 2.37. The summed E-state index contributed by atoms with van der Waals surface area (Å²) in [5.41, 5.74) is 2.70. The van der Waals surface area contributed by atoms with Gasteiger partial charge in [0.15, 0.2) is 6.29 Å². The van der Waals surface area contributed by atoms with Crippen LogP contribution in [-0.4, -0.2) is 19.4 Å². The van der Waals surface area contributed by atoms with E-state index in [1.165, 1.54) is 7.11 Å². The molecule has 0 heterocycles. The largest absolute Gasteiger partial charge is 0.469 e. The highest BCUT2D eigenvalue weighted by atomic mass is 35.5. The van der Waals surface area contributed by atoms with Gasteiger partial charge in [-0.15, -0.1) is 0 Å². The molecule has 0 saturated carbocycles. The number of aldehydes is 1. The van der Waals surface area contributed by atoms with E-state index >= 15 is 0 Å². The van der Waals surface area contributed by atoms with Crippen LogP contribution in [0.5, 0.6) is 0 Å². The second kappa shape index (κ2) is 7.17. The molecule has 0 unspecified atom stereocenters. The van der Waals surface area contributed by atoms with Crippen LogP contribution in [0.15, 0.2) is 12.1 Å². The zero-order valence-electron chi connectivity index (χ0n) is 10.7. The summed E-state index contributed by atoms with van der Waals surface area (Å²) in [5.74, 6) is -0.180. The number of halogens is 1. The van der Waals surface area contributed by atoms with E-state index in [4.69, 9.17) is 11.6 Å². The first kappa shape index (κ1) is 14.7. The van der Waals surface area contributed by atoms with Gasteiger partial charge in [-0.1, -0.05) is 11.6 Å². The van der Waals surface area contributed by atoms with Gasteiger partial charge in [0.05, 0.1) is 12.1 Å². The Morgan fingerprint density at radius 2 is 2.11 bits per heavy atom. The van der Waals surface area contributed by atoms with Crippen LogP contribution in [0.4, 0.5) is 0 Å². The molecule has 0 fully saturated rings. The van der Waals surface area contributed by atoms with Gasteiger partial charge in [-0.3, -0.25) is 9.59 Å². The monoisotopic (exact) mass is 268 g/mol. The molecule has 18 heavy (non-hydrogen) atoms. The molecule has 0 N–H and O–H groups in total. The molecule has 0 aromatic heterocycles. The molecule has 98 valence electrons. The van der Waals surface area contributed by atoms with E-state index < -0.39 is 0 Å². The minimum Gasteiger partial charge on any atom is -0.469 e. The number of methoxy groups -OCH3 is 1. The van der Waals surface area contributed by atoms with Crippen molar-refractivity contribution in [2.24, 2.45) is 0 Å². The zero-order valence-corrected chi connectivity index (χ0v) is 11.4. The first-order valence-electron chi connectivity index (χ1n) is 5.89. The lowest BCUT2D eigenvalue weighted by molar-refractivity contribution is -0.140. The quantitative estimate of drug-likeness (QED) is 0.451. The SMILES string of the molecule is COC(=O)CCCCc1cc(Cl)c(C=O)cc1C. The Balaban J connectivity index is 2.55. The maximum Gasteiger partial charge on any atom is 0.305 e. The predicted molar refractivity (Wildman–Crippen MR) is 71.1 cm³/mol. The van der Waals surface area contributed by atoms with Crippen molar-refractivity contribution in [2.45, 2.75) is 32.6 Å². The number of hydrogen-bond donors (Lipinski definition) is 0. The Bertz CT molecular complexity index is 441. The number of ether oxygens (including phenoxy) is 1. The van der Waals surface area contributed by atoms with Crippen LogP contribution >= 0.6 is 11.6 Å². The van der Waals surface area contributed by atoms with Crippen molar-refractivity contribution < 1.29 is 14.3 Å². The van der Waals surface area contributed by atoms with Gasteiger partial charge in [0, 0.05) is 12.0 Å². The van der Waals surface area contributed by atoms with E-state index in [1.54, 1.807) is 6.07 Å². The number of unbranched alkanes of at least 4 members (excludes halogenated alkanes) is 1. The second-order valence-corrected chi connectivity index (χ2v) is 4.61. The van der Waals surface area contributed by atoms with Crippen LogP contribution in [0.1, 0.15) is 40.7 Å². The molecule has 1 aromatic carbocycles. The lowest BCUT2D eigenvalue weighted by atomic mass is 10.00. The topological polar surface area (TPSA) is 43.4 Å². The summed E-state index contributed by atoms with van der Waals surface area (Å²) in [7, 11) is 1.39. The van der Waals surface area contributed by atoms with Crippen molar-refractivity contribution in [2.75, 3.05) is 7.11 Å². The van der Waals surface area contributed by atoms with Gasteiger partial charge in [-0.05, 0) is 49.4 Å². The van der Waals surface area contributed by atoms with Crippen molar-refractivity contribution in [1.29, 1.82) is 0 Å². The van der Waals surface area contributed by atoms with Crippen molar-refractivity contribution in [1.82, 2.24) is 0 Å². The van der Waals surface area contributed by atoms with Crippen molar-refractivity contribution in [3.8, 4) is 0 Å². The van der Waals surface area contributed by atoms with Gasteiger partial charge in [-0.25, -0.2) is 0 Å². The van der Waals surface area contributed by atoms with Crippen molar-refractivity contribution in [3.05, 3.63) is 33.8 Å². The average molecular weight is 269 g/mol. The molecule has 0 bridgehead atoms. The normalized spacial score (nSPS) is 10.2. The fourth-order valence-electron chi connectivity index (χ4n) is 1.79. The van der Waals surface area contributed by atoms with Crippen LogP contribution in [0, 0.1) is 6.92 Å². The van der Waals surface area contributed by atoms with E-state index in [0.717, 1.165) is 36.7 Å². The molecule has 0 atom stereocenters. The maximum atomic E-state index is 10.9. The van der Waals surface area contributed by atoms with E-state index in [1.807, 2.05) is 13.0 Å². The Morgan fingerprint density at radius 1 is 1.39 bits per heavy atom. The highest BCUT2D eigenvalue weighted by Gasteiger charge is 2.06. The fraction of sp³-hybridized carbons (Fsp3) is 0.429. The molecule has 3 nitrogen and oxygen atoms in total. The lowest BCUT2D eigenvalue weighted by Crippen LogP contribution is -2.00. The van der Waals surface area contributed by atoms with Crippen LogP contribution < -0.4 is 0 Å². The number of benzene rings is 1. The van der Waals surface area contributed by atoms with E-state index in [0.29, 0.717) is 17.0 Å². The smallest absolute Gasteiger partial charge is 0.305 e. The summed E-state index contributed by atoms with van der Waals surface area (Å²) in [6.07, 6.45) is 3.74. The first-order chi connectivity index (χ1) is 8.58. The predicted octanol–water partition coefficient (Wildman–Crippen LogP) is 3.35. The molecule has 0 aliphatic heterocycles. The fourth-order valence-corrected chi connectivity index (χ4v) is 2.02. The van der Waals surface area contributed by atoms with Crippen molar-refractivity contribution >= 4 is 23.9 Å². The van der Waals surface area contributed by atoms with Crippen LogP contribution in [0.25, 0.3) is 0 Å². The Morgan fingerprint density at radius 3 is 2.72 bits per heavy atom. The number of esters is 1. The van der Waals surface area contributed by atoms with Gasteiger partial charge in [0.2, 0.25) is 0 Å². The Kier molecular flexibility index (Phi) is 5.86. The van der Waals surface area contributed by atoms with Gasteiger partial charge >= 0.3 is 5.97 Å². The van der Waals surface area contributed by atoms with Gasteiger partial charge in [0.25, 0.3) is 0 Å². The molecule has 0 amide bonds. The highest BCUT2D eigenvalue weighted by molar-refractivity contribution is 6.33. The molecular weight excluding hydrogens is 252 g/mol. The van der Waals surface area contributed by atoms with Crippen molar-refractivity contribution in [3.63, 3.8) is 0 Å². The number of rotatable bonds is 6. The third-order valence-electron chi connectivity index (χ3n) is 2.89. The third-order valence-corrected chi connectivity index (χ3v) is 3.21. The highest BCUT2D eigenvalue weighted by Crippen LogP contribution is 2.21. The first-order valence-corrected chi connectivity index (χ1v) is 6.27. The minimum atomic E-state index is -0.180. The van der Waals surface area contributed by atoms with Crippen LogP contribution in [-0.2, 0) is 16.0 Å². The number of hydrogen-bond acceptors (Lipinski definition) is 3. The van der Waals surface area contributed by atoms with Crippen LogP contribution in [0.2, 0.25) is 5.02 Å². The minimum absolute atomic E-state index is 0.180. The molecule has 4 heteroatoms. The second-order valence-electron chi connectivity index (χ2n) is 4.20. The van der Waals surface area contributed by atoms with Gasteiger partial charge in [-0.2, -0.15) is 0 Å². The van der Waals surface area contributed by atoms with E-state index in [9.17, 15) is 9.59 Å². The van der Waals surface area contributed by atoms with Gasteiger partial charge in [0.1, 0.15) is 0 Å². The Labute approximate surface area is 112 Å². The molecule has 0 aliphatic rings. The van der Waals surface area contributed by atoms with E-state index in [2.05, 4.69) is 4.74 Å². The summed E-state index contributed by atoms with van der Waals surface area (Å²) in [4.78, 5) is 21.7. The van der Waals surface area contributed by atoms with Crippen LogP contribution in [0.3, 0.4) is 0 Å². The summed E-state index contributed by atoms with van der Waals surface area (Å²) >= 11 is 5.98. The number of aryl methyl sites for hydroxylation is 2. The lowest BCUT2D eigenvalue weighted by Gasteiger charge is -2.08. The molecule has 1 rings (SSSR count). The third kappa shape index (κ3) is 4.15. The standard InChI is InChI=1S/C14H17ClO3/c1-10-7-12(9-16)13(15)8-11(10)5-3-4-6-14(17)18-2/h7-9H,3-6H2,1-2H3. The summed E-state index contributed by atoms with van der Waals surface area (Å²) in [6, 6.07) is 3.63. The Hall–Kier alpha value is -1.35. The summed E-state index contributed by atoms with van der Waals surface area (Å²) < 4.78 is 4.58. The van der Waals surface area contributed by atoms with E-state index in [-0.39, 0.29) is 5.97 Å². The maximum absolute atomic E-state index is 10.9. The molecule has 1 aromatic rings. The molecule has 0 spiro atoms. The number of carbonyl (C=O) groups is 2. The molecule has 0 radical (unpaired) electrons. The molecule has 0 aliphatic carbocycles. The summed E-state index contributed by atoms with van der Waals surface area (Å²) in [5, 5.41) is 0.485. The van der Waals surface area contributed by atoms with Gasteiger partial charge < -0.3 is 4.74 Å². The molecular formula is C14H17ClO3. The summed E-state index contributed by atoms with van der Waals surface area (Å²) in [6.45, 7) is 1.96. The molecule has 0 saturated heterocycles. The number of carbonyl (C=O) groups excluding carboxylic acids is 2. The zero-order chi connectivity index (χ0) is 13.5.